The van der Waals surface area contributed by atoms with Gasteiger partial charge in [0.2, 0.25) is 5.88 Å². The van der Waals surface area contributed by atoms with Crippen molar-refractivity contribution in [2.75, 3.05) is 7.11 Å². The summed E-state index contributed by atoms with van der Waals surface area (Å²) in [5.74, 6) is 0.222. The SMILES string of the molecule is CCc1ccc(C(O)c2ccnc(OC)c2F)o1. The molecular formula is C13H14FNO3. The molecule has 1 N–H and O–H groups in total. The van der Waals surface area contributed by atoms with Gasteiger partial charge in [0.05, 0.1) is 7.11 Å². The van der Waals surface area contributed by atoms with Gasteiger partial charge in [0, 0.05) is 18.2 Å². The third-order valence-corrected chi connectivity index (χ3v) is 2.68. The molecule has 4 nitrogen and oxygen atoms in total. The van der Waals surface area contributed by atoms with Gasteiger partial charge < -0.3 is 14.3 Å². The van der Waals surface area contributed by atoms with Crippen molar-refractivity contribution in [2.45, 2.75) is 19.4 Å². The second kappa shape index (κ2) is 5.18. The van der Waals surface area contributed by atoms with Crippen molar-refractivity contribution in [2.24, 2.45) is 0 Å². The first-order valence-corrected chi connectivity index (χ1v) is 5.62. The molecule has 5 heteroatoms. The summed E-state index contributed by atoms with van der Waals surface area (Å²) < 4.78 is 24.1. The molecule has 2 aromatic heterocycles. The normalized spacial score (nSPS) is 12.4. The molecule has 0 aliphatic rings. The Kier molecular flexibility index (Phi) is 3.62. The predicted molar refractivity (Wildman–Crippen MR) is 62.9 cm³/mol. The molecule has 18 heavy (non-hydrogen) atoms. The van der Waals surface area contributed by atoms with E-state index < -0.39 is 11.9 Å². The van der Waals surface area contributed by atoms with E-state index in [1.165, 1.54) is 19.4 Å². The number of rotatable bonds is 4. The number of ether oxygens (including phenoxy) is 1. The maximum absolute atomic E-state index is 13.9. The molecule has 0 amide bonds. The second-order valence-electron chi connectivity index (χ2n) is 3.78. The van der Waals surface area contributed by atoms with Gasteiger partial charge in [-0.2, -0.15) is 0 Å². The lowest BCUT2D eigenvalue weighted by Crippen LogP contribution is -2.04. The fraction of sp³-hybridized carbons (Fsp3) is 0.308. The van der Waals surface area contributed by atoms with E-state index in [1.807, 2.05) is 6.92 Å². The molecule has 2 aromatic rings. The van der Waals surface area contributed by atoms with E-state index >= 15 is 0 Å². The number of furan rings is 1. The third-order valence-electron chi connectivity index (χ3n) is 2.68. The number of halogens is 1. The van der Waals surface area contributed by atoms with E-state index in [9.17, 15) is 9.50 Å². The summed E-state index contributed by atoms with van der Waals surface area (Å²) in [6.07, 6.45) is 0.932. The molecule has 2 heterocycles. The Morgan fingerprint density at radius 2 is 2.22 bits per heavy atom. The summed E-state index contributed by atoms with van der Waals surface area (Å²) >= 11 is 0. The third kappa shape index (κ3) is 2.22. The molecule has 1 unspecified atom stereocenters. The quantitative estimate of drug-likeness (QED) is 0.906. The number of methoxy groups -OCH3 is 1. The second-order valence-corrected chi connectivity index (χ2v) is 3.78. The maximum Gasteiger partial charge on any atom is 0.250 e. The summed E-state index contributed by atoms with van der Waals surface area (Å²) in [5, 5.41) is 10.1. The average molecular weight is 251 g/mol. The van der Waals surface area contributed by atoms with Crippen molar-refractivity contribution >= 4 is 0 Å². The molecule has 0 bridgehead atoms. The fourth-order valence-corrected chi connectivity index (χ4v) is 1.68. The lowest BCUT2D eigenvalue weighted by atomic mass is 10.1. The first-order chi connectivity index (χ1) is 8.67. The zero-order valence-corrected chi connectivity index (χ0v) is 10.2. The Morgan fingerprint density at radius 1 is 1.44 bits per heavy atom. The van der Waals surface area contributed by atoms with Crippen molar-refractivity contribution in [3.63, 3.8) is 0 Å². The number of hydrogen-bond acceptors (Lipinski definition) is 4. The van der Waals surface area contributed by atoms with Crippen LogP contribution in [0.4, 0.5) is 4.39 Å². The van der Waals surface area contributed by atoms with Crippen molar-refractivity contribution in [1.29, 1.82) is 0 Å². The Balaban J connectivity index is 2.36. The zero-order chi connectivity index (χ0) is 13.1. The number of hydrogen-bond donors (Lipinski definition) is 1. The zero-order valence-electron chi connectivity index (χ0n) is 10.2. The van der Waals surface area contributed by atoms with Crippen LogP contribution in [0.3, 0.4) is 0 Å². The highest BCUT2D eigenvalue weighted by molar-refractivity contribution is 5.30. The van der Waals surface area contributed by atoms with Gasteiger partial charge in [0.1, 0.15) is 17.6 Å². The van der Waals surface area contributed by atoms with Crippen LogP contribution < -0.4 is 4.74 Å². The summed E-state index contributed by atoms with van der Waals surface area (Å²) in [5.41, 5.74) is 0.0823. The van der Waals surface area contributed by atoms with E-state index in [0.29, 0.717) is 5.76 Å². The van der Waals surface area contributed by atoms with Gasteiger partial charge in [-0.25, -0.2) is 9.37 Å². The van der Waals surface area contributed by atoms with Gasteiger partial charge in [-0.15, -0.1) is 0 Å². The standard InChI is InChI=1S/C13H14FNO3/c1-3-8-4-5-10(18-8)12(16)9-6-7-15-13(17-2)11(9)14/h4-7,12,16H,3H2,1-2H3. The van der Waals surface area contributed by atoms with Crippen LogP contribution in [0.15, 0.2) is 28.8 Å². The molecule has 2 rings (SSSR count). The molecule has 0 aliphatic carbocycles. The van der Waals surface area contributed by atoms with Gasteiger partial charge in [-0.1, -0.05) is 6.92 Å². The lowest BCUT2D eigenvalue weighted by molar-refractivity contribution is 0.181. The molecular weight excluding hydrogens is 237 g/mol. The summed E-state index contributed by atoms with van der Waals surface area (Å²) in [7, 11) is 1.32. The highest BCUT2D eigenvalue weighted by Gasteiger charge is 2.21. The van der Waals surface area contributed by atoms with Crippen LogP contribution in [-0.2, 0) is 6.42 Å². The predicted octanol–water partition coefficient (Wildman–Crippen LogP) is 2.47. The smallest absolute Gasteiger partial charge is 0.250 e. The highest BCUT2D eigenvalue weighted by Crippen LogP contribution is 2.28. The van der Waals surface area contributed by atoms with Crippen LogP contribution in [0.5, 0.6) is 5.88 Å². The van der Waals surface area contributed by atoms with Gasteiger partial charge in [0.15, 0.2) is 5.82 Å². The molecule has 0 spiro atoms. The summed E-state index contributed by atoms with van der Waals surface area (Å²) in [4.78, 5) is 3.72. The summed E-state index contributed by atoms with van der Waals surface area (Å²) in [6.45, 7) is 1.94. The van der Waals surface area contributed by atoms with Crippen LogP contribution in [0.2, 0.25) is 0 Å². The first kappa shape index (κ1) is 12.6. The monoisotopic (exact) mass is 251 g/mol. The lowest BCUT2D eigenvalue weighted by Gasteiger charge is -2.10. The van der Waals surface area contributed by atoms with Crippen LogP contribution >= 0.6 is 0 Å². The van der Waals surface area contributed by atoms with Crippen molar-refractivity contribution in [3.8, 4) is 5.88 Å². The Hall–Kier alpha value is -1.88. The molecule has 0 saturated heterocycles. The van der Waals surface area contributed by atoms with Crippen LogP contribution in [0.25, 0.3) is 0 Å². The molecule has 96 valence electrons. The van der Waals surface area contributed by atoms with E-state index in [-0.39, 0.29) is 11.4 Å². The first-order valence-electron chi connectivity index (χ1n) is 5.62. The topological polar surface area (TPSA) is 55.5 Å². The van der Waals surface area contributed by atoms with Gasteiger partial charge in [-0.3, -0.25) is 0 Å². The van der Waals surface area contributed by atoms with E-state index in [1.54, 1.807) is 12.1 Å². The minimum atomic E-state index is -1.16. The van der Waals surface area contributed by atoms with Gasteiger partial charge >= 0.3 is 0 Å². The number of pyridine rings is 1. The molecule has 1 atom stereocenters. The molecule has 0 radical (unpaired) electrons. The number of nitrogens with zero attached hydrogens (tertiary/aromatic N) is 1. The minimum absolute atomic E-state index is 0.0823. The van der Waals surface area contributed by atoms with Crippen LogP contribution in [-0.4, -0.2) is 17.2 Å². The maximum atomic E-state index is 13.9. The highest BCUT2D eigenvalue weighted by atomic mass is 19.1. The van der Waals surface area contributed by atoms with E-state index in [4.69, 9.17) is 9.15 Å². The van der Waals surface area contributed by atoms with Crippen LogP contribution in [0, 0.1) is 5.82 Å². The number of aliphatic hydroxyl groups is 1. The van der Waals surface area contributed by atoms with E-state index in [0.717, 1.165) is 12.2 Å². The van der Waals surface area contributed by atoms with Crippen molar-refractivity contribution < 1.29 is 18.7 Å². The number of aryl methyl sites for hydroxylation is 1. The molecule has 0 aromatic carbocycles. The molecule has 0 saturated carbocycles. The van der Waals surface area contributed by atoms with Crippen LogP contribution in [0.1, 0.15) is 30.1 Å². The average Bonchev–Trinajstić information content (AvgIpc) is 2.87. The van der Waals surface area contributed by atoms with E-state index in [2.05, 4.69) is 4.98 Å². The molecule has 0 fully saturated rings. The fourth-order valence-electron chi connectivity index (χ4n) is 1.68. The Bertz CT molecular complexity index is 539. The molecule has 0 aliphatic heterocycles. The number of aromatic nitrogens is 1. The van der Waals surface area contributed by atoms with Crippen molar-refractivity contribution in [1.82, 2.24) is 4.98 Å². The van der Waals surface area contributed by atoms with Crippen molar-refractivity contribution in [3.05, 3.63) is 47.3 Å². The number of aliphatic hydroxyl groups excluding tert-OH is 1. The Labute approximate surface area is 104 Å². The van der Waals surface area contributed by atoms with Gasteiger partial charge in [-0.05, 0) is 18.2 Å². The van der Waals surface area contributed by atoms with Gasteiger partial charge in [0.25, 0.3) is 0 Å². The minimum Gasteiger partial charge on any atom is -0.479 e. The largest absolute Gasteiger partial charge is 0.479 e. The summed E-state index contributed by atoms with van der Waals surface area (Å²) in [6, 6.07) is 4.79. The Morgan fingerprint density at radius 3 is 2.83 bits per heavy atom.